The van der Waals surface area contributed by atoms with E-state index in [1.165, 1.54) is 57.8 Å². The molecular formula is C30H42O4. The molecule has 0 atom stereocenters. The molecule has 0 N–H and O–H groups in total. The molecule has 4 nitrogen and oxygen atoms in total. The van der Waals surface area contributed by atoms with E-state index in [1.807, 2.05) is 30.3 Å². The van der Waals surface area contributed by atoms with Gasteiger partial charge in [-0.2, -0.15) is 0 Å². The summed E-state index contributed by atoms with van der Waals surface area (Å²) < 4.78 is 17.0. The van der Waals surface area contributed by atoms with Gasteiger partial charge in [-0.15, -0.1) is 6.58 Å². The first-order valence-electron chi connectivity index (χ1n) is 13.0. The van der Waals surface area contributed by atoms with Crippen molar-refractivity contribution in [2.24, 2.45) is 0 Å². The van der Waals surface area contributed by atoms with Crippen LogP contribution < -0.4 is 14.2 Å². The van der Waals surface area contributed by atoms with E-state index in [2.05, 4.69) is 13.5 Å². The monoisotopic (exact) mass is 466 g/mol. The quantitative estimate of drug-likeness (QED) is 0.0900. The SMILES string of the molecule is C=CCCCCCCCCCOc1ccc(OC(=O)c2ccc(OCCCCCC)cc2)cc1. The van der Waals surface area contributed by atoms with Gasteiger partial charge in [-0.1, -0.05) is 64.4 Å². The molecule has 0 heterocycles. The Labute approximate surface area is 206 Å². The van der Waals surface area contributed by atoms with Crippen molar-refractivity contribution in [1.29, 1.82) is 0 Å². The van der Waals surface area contributed by atoms with Crippen molar-refractivity contribution in [3.05, 3.63) is 66.7 Å². The van der Waals surface area contributed by atoms with Crippen molar-refractivity contribution < 1.29 is 19.0 Å². The van der Waals surface area contributed by atoms with Crippen molar-refractivity contribution in [3.8, 4) is 17.2 Å². The highest BCUT2D eigenvalue weighted by molar-refractivity contribution is 5.91. The van der Waals surface area contributed by atoms with E-state index in [-0.39, 0.29) is 5.97 Å². The molecule has 0 unspecified atom stereocenters. The number of hydrogen-bond acceptors (Lipinski definition) is 4. The zero-order valence-corrected chi connectivity index (χ0v) is 20.9. The van der Waals surface area contributed by atoms with Crippen molar-refractivity contribution in [2.45, 2.75) is 84.0 Å². The standard InChI is InChI=1S/C30H42O4/c1-3-5-7-9-10-11-12-13-15-25-33-28-20-22-29(23-21-28)34-30(31)26-16-18-27(19-17-26)32-24-14-8-6-4-2/h3,16-23H,1,4-15,24-25H2,2H3. The summed E-state index contributed by atoms with van der Waals surface area (Å²) in [6.07, 6.45) is 16.5. The van der Waals surface area contributed by atoms with Gasteiger partial charge in [0.05, 0.1) is 18.8 Å². The number of rotatable bonds is 19. The summed E-state index contributed by atoms with van der Waals surface area (Å²) in [5.41, 5.74) is 0.499. The van der Waals surface area contributed by atoms with E-state index in [1.54, 1.807) is 24.3 Å². The van der Waals surface area contributed by atoms with Gasteiger partial charge in [-0.3, -0.25) is 0 Å². The van der Waals surface area contributed by atoms with Crippen LogP contribution in [0.5, 0.6) is 17.2 Å². The number of esters is 1. The number of benzene rings is 2. The summed E-state index contributed by atoms with van der Waals surface area (Å²) >= 11 is 0. The maximum Gasteiger partial charge on any atom is 0.343 e. The smallest absolute Gasteiger partial charge is 0.343 e. The molecule has 0 fully saturated rings. The van der Waals surface area contributed by atoms with Crippen molar-refractivity contribution in [2.75, 3.05) is 13.2 Å². The topological polar surface area (TPSA) is 44.8 Å². The summed E-state index contributed by atoms with van der Waals surface area (Å²) in [6.45, 7) is 7.37. The fourth-order valence-electron chi connectivity index (χ4n) is 3.64. The summed E-state index contributed by atoms with van der Waals surface area (Å²) in [5, 5.41) is 0. The number of carbonyl (C=O) groups is 1. The Balaban J connectivity index is 1.61. The summed E-state index contributed by atoms with van der Waals surface area (Å²) in [6, 6.07) is 14.3. The molecule has 2 aromatic carbocycles. The number of carbonyl (C=O) groups excluding carboxylic acids is 1. The molecule has 0 amide bonds. The first-order valence-corrected chi connectivity index (χ1v) is 13.0. The second-order valence-corrected chi connectivity index (χ2v) is 8.70. The molecule has 0 aromatic heterocycles. The number of ether oxygens (including phenoxy) is 3. The average Bonchev–Trinajstić information content (AvgIpc) is 2.86. The highest BCUT2D eigenvalue weighted by Gasteiger charge is 2.09. The lowest BCUT2D eigenvalue weighted by atomic mass is 10.1. The van der Waals surface area contributed by atoms with Crippen molar-refractivity contribution in [3.63, 3.8) is 0 Å². The van der Waals surface area contributed by atoms with Crippen LogP contribution in [0.2, 0.25) is 0 Å². The lowest BCUT2D eigenvalue weighted by Crippen LogP contribution is -2.08. The minimum absolute atomic E-state index is 0.382. The molecule has 2 aromatic rings. The van der Waals surface area contributed by atoms with Gasteiger partial charge < -0.3 is 14.2 Å². The highest BCUT2D eigenvalue weighted by Crippen LogP contribution is 2.20. The second-order valence-electron chi connectivity index (χ2n) is 8.70. The predicted octanol–water partition coefficient (Wildman–Crippen LogP) is 8.55. The van der Waals surface area contributed by atoms with Crippen molar-refractivity contribution >= 4 is 5.97 Å². The maximum atomic E-state index is 12.4. The third-order valence-electron chi connectivity index (χ3n) is 5.71. The molecule has 2 rings (SSSR count). The fraction of sp³-hybridized carbons (Fsp3) is 0.500. The predicted molar refractivity (Wildman–Crippen MR) is 140 cm³/mol. The largest absolute Gasteiger partial charge is 0.494 e. The van der Waals surface area contributed by atoms with E-state index in [0.717, 1.165) is 30.8 Å². The molecule has 0 aliphatic rings. The second kappa shape index (κ2) is 17.7. The van der Waals surface area contributed by atoms with Crippen LogP contribution >= 0.6 is 0 Å². The first kappa shape index (κ1) is 27.5. The van der Waals surface area contributed by atoms with E-state index < -0.39 is 0 Å². The Bertz CT molecular complexity index is 796. The van der Waals surface area contributed by atoms with Crippen LogP contribution in [0.25, 0.3) is 0 Å². The number of unbranched alkanes of at least 4 members (excludes halogenated alkanes) is 10. The Morgan fingerprint density at radius 1 is 0.676 bits per heavy atom. The average molecular weight is 467 g/mol. The number of allylic oxidation sites excluding steroid dienone is 1. The third-order valence-corrected chi connectivity index (χ3v) is 5.71. The molecule has 0 aliphatic heterocycles. The molecule has 0 aliphatic carbocycles. The van der Waals surface area contributed by atoms with E-state index in [4.69, 9.17) is 14.2 Å². The van der Waals surface area contributed by atoms with Gasteiger partial charge in [0.15, 0.2) is 0 Å². The lowest BCUT2D eigenvalue weighted by molar-refractivity contribution is 0.0734. The molecule has 34 heavy (non-hydrogen) atoms. The van der Waals surface area contributed by atoms with Gasteiger partial charge in [0.25, 0.3) is 0 Å². The zero-order chi connectivity index (χ0) is 24.3. The minimum atomic E-state index is -0.382. The molecule has 186 valence electrons. The van der Waals surface area contributed by atoms with Crippen LogP contribution in [0, 0.1) is 0 Å². The van der Waals surface area contributed by atoms with Crippen LogP contribution in [0.4, 0.5) is 0 Å². The van der Waals surface area contributed by atoms with E-state index >= 15 is 0 Å². The Kier molecular flexibility index (Phi) is 14.3. The van der Waals surface area contributed by atoms with Gasteiger partial charge in [-0.05, 0) is 74.2 Å². The van der Waals surface area contributed by atoms with Gasteiger partial charge in [0.2, 0.25) is 0 Å². The Morgan fingerprint density at radius 3 is 1.71 bits per heavy atom. The normalized spacial score (nSPS) is 10.6. The maximum absolute atomic E-state index is 12.4. The Hall–Kier alpha value is -2.75. The highest BCUT2D eigenvalue weighted by atomic mass is 16.5. The van der Waals surface area contributed by atoms with Crippen LogP contribution in [-0.2, 0) is 0 Å². The molecule has 0 spiro atoms. The van der Waals surface area contributed by atoms with Gasteiger partial charge in [0.1, 0.15) is 17.2 Å². The van der Waals surface area contributed by atoms with Crippen LogP contribution in [0.1, 0.15) is 94.3 Å². The number of hydrogen-bond donors (Lipinski definition) is 0. The lowest BCUT2D eigenvalue weighted by Gasteiger charge is -2.09. The van der Waals surface area contributed by atoms with E-state index in [9.17, 15) is 4.79 Å². The third kappa shape index (κ3) is 11.9. The van der Waals surface area contributed by atoms with Gasteiger partial charge >= 0.3 is 5.97 Å². The molecule has 4 heteroatoms. The first-order chi connectivity index (χ1) is 16.7. The van der Waals surface area contributed by atoms with Crippen LogP contribution in [-0.4, -0.2) is 19.2 Å². The van der Waals surface area contributed by atoms with E-state index in [0.29, 0.717) is 24.5 Å². The van der Waals surface area contributed by atoms with Crippen LogP contribution in [0.3, 0.4) is 0 Å². The molecule has 0 saturated carbocycles. The summed E-state index contributed by atoms with van der Waals surface area (Å²) in [4.78, 5) is 12.4. The Morgan fingerprint density at radius 2 is 1.15 bits per heavy atom. The molecule has 0 saturated heterocycles. The van der Waals surface area contributed by atoms with Gasteiger partial charge in [-0.25, -0.2) is 4.79 Å². The zero-order valence-electron chi connectivity index (χ0n) is 20.9. The van der Waals surface area contributed by atoms with Crippen molar-refractivity contribution in [1.82, 2.24) is 0 Å². The van der Waals surface area contributed by atoms with Gasteiger partial charge in [0, 0.05) is 0 Å². The summed E-state index contributed by atoms with van der Waals surface area (Å²) in [7, 11) is 0. The fourth-order valence-corrected chi connectivity index (χ4v) is 3.64. The molecular weight excluding hydrogens is 424 g/mol. The minimum Gasteiger partial charge on any atom is -0.494 e. The molecule has 0 bridgehead atoms. The summed E-state index contributed by atoms with van der Waals surface area (Å²) in [5.74, 6) is 1.69. The molecule has 0 radical (unpaired) electrons. The van der Waals surface area contributed by atoms with Crippen LogP contribution in [0.15, 0.2) is 61.2 Å².